The van der Waals surface area contributed by atoms with Crippen LogP contribution in [-0.4, -0.2) is 0 Å². The van der Waals surface area contributed by atoms with Gasteiger partial charge in [0.2, 0.25) is 0 Å². The van der Waals surface area contributed by atoms with Crippen LogP contribution in [0.1, 0.15) is 76.4 Å². The van der Waals surface area contributed by atoms with Crippen LogP contribution in [-0.2, 0) is 0 Å². The normalized spacial score (nSPS) is 15.0. The molecule has 0 N–H and O–H groups in total. The SMILES string of the molecule is CCCCCCCCCCC1Oc2ccccc2-c2oc3ccccc3c(=O)c21. The number of benzene rings is 2. The van der Waals surface area contributed by atoms with Crippen molar-refractivity contribution in [1.29, 1.82) is 0 Å². The lowest BCUT2D eigenvalue weighted by atomic mass is 9.93. The van der Waals surface area contributed by atoms with E-state index < -0.39 is 0 Å². The highest BCUT2D eigenvalue weighted by Gasteiger charge is 2.31. The van der Waals surface area contributed by atoms with E-state index >= 15 is 0 Å². The Morgan fingerprint density at radius 2 is 1.52 bits per heavy atom. The monoisotopic (exact) mass is 390 g/mol. The maximum atomic E-state index is 13.3. The molecule has 1 atom stereocenters. The van der Waals surface area contributed by atoms with Crippen molar-refractivity contribution >= 4 is 11.0 Å². The van der Waals surface area contributed by atoms with Gasteiger partial charge in [-0.3, -0.25) is 4.79 Å². The summed E-state index contributed by atoms with van der Waals surface area (Å²) in [5, 5.41) is 0.634. The molecule has 29 heavy (non-hydrogen) atoms. The average molecular weight is 391 g/mol. The Morgan fingerprint density at radius 1 is 0.828 bits per heavy atom. The van der Waals surface area contributed by atoms with Crippen molar-refractivity contribution in [3.05, 3.63) is 64.3 Å². The summed E-state index contributed by atoms with van der Waals surface area (Å²) in [6.45, 7) is 2.25. The van der Waals surface area contributed by atoms with Crippen molar-refractivity contribution in [2.24, 2.45) is 0 Å². The fourth-order valence-corrected chi connectivity index (χ4v) is 4.28. The number of para-hydroxylation sites is 2. The van der Waals surface area contributed by atoms with E-state index in [1.165, 1.54) is 44.9 Å². The summed E-state index contributed by atoms with van der Waals surface area (Å²) in [6, 6.07) is 15.4. The van der Waals surface area contributed by atoms with Gasteiger partial charge in [0.15, 0.2) is 5.43 Å². The molecular formula is C26H30O3. The minimum absolute atomic E-state index is 0.0425. The minimum Gasteiger partial charge on any atom is -0.485 e. The molecular weight excluding hydrogens is 360 g/mol. The van der Waals surface area contributed by atoms with Crippen LogP contribution < -0.4 is 10.2 Å². The van der Waals surface area contributed by atoms with Gasteiger partial charge in [-0.15, -0.1) is 0 Å². The lowest BCUT2D eigenvalue weighted by Gasteiger charge is -2.27. The second-order valence-corrected chi connectivity index (χ2v) is 8.04. The van der Waals surface area contributed by atoms with Crippen molar-refractivity contribution in [3.8, 4) is 17.1 Å². The van der Waals surface area contributed by atoms with Gasteiger partial charge in [0.1, 0.15) is 23.2 Å². The molecule has 1 aliphatic heterocycles. The summed E-state index contributed by atoms with van der Waals surface area (Å²) in [6.07, 6.45) is 10.7. The number of hydrogen-bond acceptors (Lipinski definition) is 3. The molecule has 2 heterocycles. The van der Waals surface area contributed by atoms with Crippen molar-refractivity contribution < 1.29 is 9.15 Å². The zero-order valence-electron chi connectivity index (χ0n) is 17.3. The molecule has 0 spiro atoms. The smallest absolute Gasteiger partial charge is 0.200 e. The number of unbranched alkanes of at least 4 members (excludes halogenated alkanes) is 7. The Kier molecular flexibility index (Phi) is 6.33. The molecule has 3 aromatic rings. The van der Waals surface area contributed by atoms with Crippen LogP contribution in [0.4, 0.5) is 0 Å². The van der Waals surface area contributed by atoms with Gasteiger partial charge in [0.05, 0.1) is 16.5 Å². The third-order valence-electron chi connectivity index (χ3n) is 5.88. The number of ether oxygens (including phenoxy) is 1. The fraction of sp³-hybridized carbons (Fsp3) is 0.423. The number of hydrogen-bond donors (Lipinski definition) is 0. The second-order valence-electron chi connectivity index (χ2n) is 8.04. The maximum Gasteiger partial charge on any atom is 0.200 e. The summed E-state index contributed by atoms with van der Waals surface area (Å²) in [5.74, 6) is 1.49. The van der Waals surface area contributed by atoms with Gasteiger partial charge in [-0.1, -0.05) is 76.1 Å². The third kappa shape index (κ3) is 4.24. The second kappa shape index (κ2) is 9.30. The zero-order valence-corrected chi connectivity index (χ0v) is 17.3. The van der Waals surface area contributed by atoms with Crippen molar-refractivity contribution in [1.82, 2.24) is 0 Å². The first kappa shape index (κ1) is 19.8. The van der Waals surface area contributed by atoms with Crippen molar-refractivity contribution in [2.75, 3.05) is 0 Å². The molecule has 3 heteroatoms. The van der Waals surface area contributed by atoms with E-state index in [4.69, 9.17) is 9.15 Å². The molecule has 0 fully saturated rings. The van der Waals surface area contributed by atoms with Gasteiger partial charge in [-0.2, -0.15) is 0 Å². The Bertz CT molecular complexity index is 1020. The van der Waals surface area contributed by atoms with E-state index in [1.807, 2.05) is 48.5 Å². The van der Waals surface area contributed by atoms with E-state index in [1.54, 1.807) is 0 Å². The van der Waals surface area contributed by atoms with Gasteiger partial charge in [0.25, 0.3) is 0 Å². The molecule has 4 rings (SSSR count). The predicted molar refractivity (Wildman–Crippen MR) is 119 cm³/mol. The lowest BCUT2D eigenvalue weighted by Crippen LogP contribution is -2.23. The Labute approximate surface area is 172 Å². The topological polar surface area (TPSA) is 39.4 Å². The Balaban J connectivity index is 1.53. The van der Waals surface area contributed by atoms with Crippen LogP contribution in [0.5, 0.6) is 5.75 Å². The molecule has 2 aromatic carbocycles. The molecule has 152 valence electrons. The molecule has 1 aromatic heterocycles. The highest BCUT2D eigenvalue weighted by atomic mass is 16.5. The summed E-state index contributed by atoms with van der Waals surface area (Å²) in [5.41, 5.74) is 2.24. The van der Waals surface area contributed by atoms with Crippen LogP contribution in [0.25, 0.3) is 22.3 Å². The predicted octanol–water partition coefficient (Wildman–Crippen LogP) is 7.42. The zero-order chi connectivity index (χ0) is 20.1. The van der Waals surface area contributed by atoms with Gasteiger partial charge >= 0.3 is 0 Å². The highest BCUT2D eigenvalue weighted by molar-refractivity contribution is 5.82. The third-order valence-corrected chi connectivity index (χ3v) is 5.88. The van der Waals surface area contributed by atoms with E-state index in [0.717, 1.165) is 24.2 Å². The number of fused-ring (bicyclic) bond motifs is 4. The standard InChI is InChI=1S/C26H30O3/c1-2-3-4-5-6-7-8-9-18-23-24-25(27)19-14-10-12-16-21(19)29-26(24)20-15-11-13-17-22(20)28-23/h10-17,23H,2-9,18H2,1H3. The molecule has 0 saturated carbocycles. The van der Waals surface area contributed by atoms with Gasteiger partial charge < -0.3 is 9.15 Å². The fourth-order valence-electron chi connectivity index (χ4n) is 4.28. The van der Waals surface area contributed by atoms with Crippen molar-refractivity contribution in [2.45, 2.75) is 70.8 Å². The lowest BCUT2D eigenvalue weighted by molar-refractivity contribution is 0.182. The van der Waals surface area contributed by atoms with E-state index in [2.05, 4.69) is 6.92 Å². The van der Waals surface area contributed by atoms with Crippen LogP contribution in [0.2, 0.25) is 0 Å². The van der Waals surface area contributed by atoms with E-state index in [9.17, 15) is 4.79 Å². The average Bonchev–Trinajstić information content (AvgIpc) is 2.75. The van der Waals surface area contributed by atoms with Gasteiger partial charge in [-0.05, 0) is 37.1 Å². The summed E-state index contributed by atoms with van der Waals surface area (Å²) < 4.78 is 12.5. The Hall–Kier alpha value is -2.55. The first-order valence-corrected chi connectivity index (χ1v) is 11.1. The molecule has 3 nitrogen and oxygen atoms in total. The Morgan fingerprint density at radius 3 is 2.34 bits per heavy atom. The summed E-state index contributed by atoms with van der Waals surface area (Å²) in [4.78, 5) is 13.3. The molecule has 0 aliphatic carbocycles. The first-order valence-electron chi connectivity index (χ1n) is 11.1. The van der Waals surface area contributed by atoms with E-state index in [-0.39, 0.29) is 11.5 Å². The van der Waals surface area contributed by atoms with Crippen molar-refractivity contribution in [3.63, 3.8) is 0 Å². The van der Waals surface area contributed by atoms with Crippen LogP contribution >= 0.6 is 0 Å². The van der Waals surface area contributed by atoms with E-state index in [0.29, 0.717) is 22.3 Å². The van der Waals surface area contributed by atoms with Gasteiger partial charge in [-0.25, -0.2) is 0 Å². The van der Waals surface area contributed by atoms with Crippen LogP contribution in [0.3, 0.4) is 0 Å². The molecule has 0 radical (unpaired) electrons. The first-order chi connectivity index (χ1) is 14.3. The van der Waals surface area contributed by atoms with Gasteiger partial charge in [0, 0.05) is 0 Å². The summed E-state index contributed by atoms with van der Waals surface area (Å²) >= 11 is 0. The van der Waals surface area contributed by atoms with Crippen LogP contribution in [0.15, 0.2) is 57.7 Å². The molecule has 1 unspecified atom stereocenters. The highest BCUT2D eigenvalue weighted by Crippen LogP contribution is 2.43. The van der Waals surface area contributed by atoms with Crippen LogP contribution in [0, 0.1) is 0 Å². The molecule has 0 bridgehead atoms. The quantitative estimate of drug-likeness (QED) is 0.357. The molecule has 0 amide bonds. The minimum atomic E-state index is -0.235. The molecule has 1 aliphatic rings. The number of rotatable bonds is 9. The largest absolute Gasteiger partial charge is 0.485 e. The summed E-state index contributed by atoms with van der Waals surface area (Å²) in [7, 11) is 0. The molecule has 0 saturated heterocycles. The maximum absolute atomic E-state index is 13.3.